The Kier molecular flexibility index (Phi) is 3.86. The Hall–Kier alpha value is 0.230. The zero-order chi connectivity index (χ0) is 10.9. The van der Waals surface area contributed by atoms with Gasteiger partial charge in [-0.2, -0.15) is 0 Å². The Morgan fingerprint density at radius 2 is 1.93 bits per heavy atom. The largest absolute Gasteiger partial charge is 0.598 e. The molecule has 0 aromatic rings. The maximum Gasteiger partial charge on any atom is 0.136 e. The molecule has 2 unspecified atom stereocenters. The molecule has 1 fully saturated rings. The highest BCUT2D eigenvalue weighted by molar-refractivity contribution is 7.90. The first-order valence-corrected chi connectivity index (χ1v) is 6.32. The van der Waals surface area contributed by atoms with Gasteiger partial charge in [-0.15, -0.1) is 4.72 Å². The van der Waals surface area contributed by atoms with E-state index in [0.717, 1.165) is 13.1 Å². The molecule has 0 saturated carbocycles. The second kappa shape index (κ2) is 4.39. The average molecular weight is 218 g/mol. The zero-order valence-electron chi connectivity index (χ0n) is 9.83. The molecule has 2 atom stereocenters. The molecule has 0 aromatic carbocycles. The van der Waals surface area contributed by atoms with Crippen LogP contribution in [0.3, 0.4) is 0 Å². The van der Waals surface area contributed by atoms with Crippen LogP contribution in [0.5, 0.6) is 0 Å². The summed E-state index contributed by atoms with van der Waals surface area (Å²) in [6.45, 7) is 10.4. The van der Waals surface area contributed by atoms with E-state index in [1.807, 2.05) is 20.8 Å². The number of nitrogens with one attached hydrogen (secondary N) is 1. The van der Waals surface area contributed by atoms with Crippen LogP contribution in [0.1, 0.15) is 27.7 Å². The Bertz CT molecular complexity index is 187. The summed E-state index contributed by atoms with van der Waals surface area (Å²) in [7, 11) is 2.12. The molecule has 0 aliphatic carbocycles. The summed E-state index contributed by atoms with van der Waals surface area (Å²) in [4.78, 5) is 2.28. The van der Waals surface area contributed by atoms with Gasteiger partial charge in [0.05, 0.1) is 6.04 Å². The number of nitrogens with zero attached hydrogens (tertiary/aromatic N) is 1. The number of hydrogen-bond acceptors (Lipinski definition) is 3. The SMILES string of the molecule is CC(N[S+]([O-])C(C)(C)C)C1CN(C)C1. The highest BCUT2D eigenvalue weighted by atomic mass is 32.2. The molecule has 0 bridgehead atoms. The summed E-state index contributed by atoms with van der Waals surface area (Å²) >= 11 is -0.935. The van der Waals surface area contributed by atoms with E-state index in [2.05, 4.69) is 23.6 Å². The van der Waals surface area contributed by atoms with Crippen LogP contribution >= 0.6 is 0 Å². The van der Waals surface area contributed by atoms with Gasteiger partial charge >= 0.3 is 0 Å². The molecule has 14 heavy (non-hydrogen) atoms. The van der Waals surface area contributed by atoms with E-state index < -0.39 is 11.4 Å². The van der Waals surface area contributed by atoms with E-state index in [9.17, 15) is 4.55 Å². The van der Waals surface area contributed by atoms with Gasteiger partial charge in [0.25, 0.3) is 0 Å². The first-order chi connectivity index (χ1) is 6.30. The van der Waals surface area contributed by atoms with Crippen molar-refractivity contribution in [3.8, 4) is 0 Å². The molecule has 3 nitrogen and oxygen atoms in total. The van der Waals surface area contributed by atoms with Crippen molar-refractivity contribution in [1.29, 1.82) is 0 Å². The number of likely N-dealkylation sites (tertiary alicyclic amines) is 1. The van der Waals surface area contributed by atoms with Gasteiger partial charge in [0.1, 0.15) is 4.75 Å². The van der Waals surface area contributed by atoms with Crippen molar-refractivity contribution in [3.63, 3.8) is 0 Å². The fourth-order valence-corrected chi connectivity index (χ4v) is 2.39. The second-order valence-corrected chi connectivity index (χ2v) is 7.27. The van der Waals surface area contributed by atoms with Gasteiger partial charge in [-0.1, -0.05) is 0 Å². The van der Waals surface area contributed by atoms with Crippen LogP contribution in [0.15, 0.2) is 0 Å². The summed E-state index contributed by atoms with van der Waals surface area (Å²) in [5.41, 5.74) is 0. The van der Waals surface area contributed by atoms with E-state index in [0.29, 0.717) is 12.0 Å². The van der Waals surface area contributed by atoms with Gasteiger partial charge in [0, 0.05) is 30.4 Å². The van der Waals surface area contributed by atoms with Crippen molar-refractivity contribution in [2.24, 2.45) is 5.92 Å². The fraction of sp³-hybridized carbons (Fsp3) is 1.00. The third kappa shape index (κ3) is 3.12. The van der Waals surface area contributed by atoms with Gasteiger partial charge < -0.3 is 9.45 Å². The number of hydrogen-bond donors (Lipinski definition) is 1. The molecule has 1 aliphatic rings. The van der Waals surface area contributed by atoms with E-state index in [1.165, 1.54) is 0 Å². The van der Waals surface area contributed by atoms with Crippen molar-refractivity contribution >= 4 is 11.4 Å². The highest BCUT2D eigenvalue weighted by Gasteiger charge is 2.34. The molecule has 84 valence electrons. The van der Waals surface area contributed by atoms with Gasteiger partial charge in [-0.25, -0.2) is 0 Å². The Balaban J connectivity index is 2.30. The molecule has 1 heterocycles. The first-order valence-electron chi connectivity index (χ1n) is 5.17. The molecule has 0 spiro atoms. The minimum absolute atomic E-state index is 0.163. The van der Waals surface area contributed by atoms with Crippen molar-refractivity contribution in [2.75, 3.05) is 20.1 Å². The predicted octanol–water partition coefficient (Wildman–Crippen LogP) is 0.988. The highest BCUT2D eigenvalue weighted by Crippen LogP contribution is 2.20. The lowest BCUT2D eigenvalue weighted by atomic mass is 9.94. The summed E-state index contributed by atoms with van der Waals surface area (Å²) in [6, 6.07) is 0.353. The van der Waals surface area contributed by atoms with E-state index in [-0.39, 0.29) is 4.75 Å². The zero-order valence-corrected chi connectivity index (χ0v) is 10.6. The van der Waals surface area contributed by atoms with Crippen molar-refractivity contribution in [2.45, 2.75) is 38.5 Å². The molecule has 4 heteroatoms. The molecule has 0 aromatic heterocycles. The Morgan fingerprint density at radius 3 is 2.29 bits per heavy atom. The summed E-state index contributed by atoms with van der Waals surface area (Å²) < 4.78 is 14.8. The maximum absolute atomic E-state index is 11.8. The minimum atomic E-state index is -0.935. The average Bonchev–Trinajstić information content (AvgIpc) is 1.96. The van der Waals surface area contributed by atoms with Crippen LogP contribution in [0.4, 0.5) is 0 Å². The smallest absolute Gasteiger partial charge is 0.136 e. The molecule has 1 rings (SSSR count). The predicted molar refractivity (Wildman–Crippen MR) is 61.5 cm³/mol. The summed E-state index contributed by atoms with van der Waals surface area (Å²) in [5.74, 6) is 0.659. The molecule has 1 aliphatic heterocycles. The van der Waals surface area contributed by atoms with Gasteiger partial charge in [0.15, 0.2) is 0 Å². The van der Waals surface area contributed by atoms with Crippen LogP contribution in [0.25, 0.3) is 0 Å². The van der Waals surface area contributed by atoms with Gasteiger partial charge in [-0.3, -0.25) is 0 Å². The van der Waals surface area contributed by atoms with Gasteiger partial charge in [-0.05, 0) is 34.7 Å². The Labute approximate surface area is 90.6 Å². The second-order valence-electron chi connectivity index (χ2n) is 5.27. The Morgan fingerprint density at radius 1 is 1.43 bits per heavy atom. The summed E-state index contributed by atoms with van der Waals surface area (Å²) in [5, 5.41) is 0. The topological polar surface area (TPSA) is 38.3 Å². The minimum Gasteiger partial charge on any atom is -0.598 e. The fourth-order valence-electron chi connectivity index (χ4n) is 1.51. The quantitative estimate of drug-likeness (QED) is 0.718. The summed E-state index contributed by atoms with van der Waals surface area (Å²) in [6.07, 6.45) is 0. The lowest BCUT2D eigenvalue weighted by Crippen LogP contribution is -2.55. The van der Waals surface area contributed by atoms with E-state index >= 15 is 0 Å². The third-order valence-corrected chi connectivity index (χ3v) is 4.35. The molecule has 0 radical (unpaired) electrons. The van der Waals surface area contributed by atoms with Crippen LogP contribution in [-0.4, -0.2) is 40.4 Å². The van der Waals surface area contributed by atoms with Crippen molar-refractivity contribution in [1.82, 2.24) is 9.62 Å². The lowest BCUT2D eigenvalue weighted by Gasteiger charge is -2.40. The molecular weight excluding hydrogens is 196 g/mol. The van der Waals surface area contributed by atoms with Crippen molar-refractivity contribution in [3.05, 3.63) is 0 Å². The van der Waals surface area contributed by atoms with Crippen molar-refractivity contribution < 1.29 is 4.55 Å². The molecule has 0 amide bonds. The van der Waals surface area contributed by atoms with E-state index in [1.54, 1.807) is 0 Å². The third-order valence-electron chi connectivity index (χ3n) is 2.65. The normalized spacial score (nSPS) is 24.4. The van der Waals surface area contributed by atoms with Crippen LogP contribution in [0, 0.1) is 5.92 Å². The van der Waals surface area contributed by atoms with Gasteiger partial charge in [0.2, 0.25) is 0 Å². The standard InChI is InChI=1S/C10H22N2OS/c1-8(9-6-12(5)7-9)11-14(13)10(2,3)4/h8-9,11H,6-7H2,1-5H3. The van der Waals surface area contributed by atoms with Crippen LogP contribution in [-0.2, 0) is 11.4 Å². The molecular formula is C10H22N2OS. The monoisotopic (exact) mass is 218 g/mol. The number of rotatable bonds is 3. The molecule has 1 N–H and O–H groups in total. The van der Waals surface area contributed by atoms with Crippen LogP contribution < -0.4 is 4.72 Å². The molecule has 1 saturated heterocycles. The lowest BCUT2D eigenvalue weighted by molar-refractivity contribution is 0.112. The van der Waals surface area contributed by atoms with Crippen LogP contribution in [0.2, 0.25) is 0 Å². The maximum atomic E-state index is 11.8. The first kappa shape index (κ1) is 12.3. The van der Waals surface area contributed by atoms with E-state index in [4.69, 9.17) is 0 Å².